The van der Waals surface area contributed by atoms with Gasteiger partial charge in [-0.15, -0.1) is 0 Å². The molecule has 0 aliphatic rings. The van der Waals surface area contributed by atoms with Crippen molar-refractivity contribution in [1.29, 1.82) is 0 Å². The predicted molar refractivity (Wildman–Crippen MR) is 58.3 cm³/mol. The van der Waals surface area contributed by atoms with E-state index in [4.69, 9.17) is 0 Å². The SMILES string of the molecule is CS(=O)(=O)Cc1cc([N+](=O)[O-])cc([N+](=O)[O-])c1. The fraction of sp³-hybridized carbons (Fsp3) is 0.250. The Morgan fingerprint density at radius 1 is 1.06 bits per heavy atom. The second-order valence-electron chi connectivity index (χ2n) is 3.44. The maximum absolute atomic E-state index is 11.0. The van der Waals surface area contributed by atoms with Crippen LogP contribution in [0.4, 0.5) is 11.4 Å². The Bertz CT molecular complexity index is 547. The Kier molecular flexibility index (Phi) is 3.42. The highest BCUT2D eigenvalue weighted by atomic mass is 32.2. The van der Waals surface area contributed by atoms with Crippen LogP contribution in [-0.4, -0.2) is 24.5 Å². The largest absolute Gasteiger partial charge is 0.276 e. The summed E-state index contributed by atoms with van der Waals surface area (Å²) >= 11 is 0. The van der Waals surface area contributed by atoms with Gasteiger partial charge in [0.05, 0.1) is 21.7 Å². The second-order valence-corrected chi connectivity index (χ2v) is 5.58. The van der Waals surface area contributed by atoms with Crippen molar-refractivity contribution in [2.75, 3.05) is 6.26 Å². The van der Waals surface area contributed by atoms with E-state index in [1.165, 1.54) is 0 Å². The summed E-state index contributed by atoms with van der Waals surface area (Å²) in [6, 6.07) is 2.80. The van der Waals surface area contributed by atoms with Crippen molar-refractivity contribution in [2.24, 2.45) is 0 Å². The molecule has 0 saturated carbocycles. The van der Waals surface area contributed by atoms with Crippen LogP contribution >= 0.6 is 0 Å². The van der Waals surface area contributed by atoms with Gasteiger partial charge in [-0.2, -0.15) is 0 Å². The zero-order valence-corrected chi connectivity index (χ0v) is 9.51. The lowest BCUT2D eigenvalue weighted by Crippen LogP contribution is -2.02. The van der Waals surface area contributed by atoms with Crippen molar-refractivity contribution < 1.29 is 18.3 Å². The Morgan fingerprint density at radius 2 is 1.47 bits per heavy atom. The van der Waals surface area contributed by atoms with Gasteiger partial charge in [0.1, 0.15) is 0 Å². The van der Waals surface area contributed by atoms with Crippen molar-refractivity contribution in [3.63, 3.8) is 0 Å². The Morgan fingerprint density at radius 3 is 1.76 bits per heavy atom. The Labute approximate surface area is 96.1 Å². The normalized spacial score (nSPS) is 11.1. The van der Waals surface area contributed by atoms with E-state index in [2.05, 4.69) is 0 Å². The number of nitrogens with zero attached hydrogens (tertiary/aromatic N) is 2. The van der Waals surface area contributed by atoms with E-state index in [9.17, 15) is 28.6 Å². The molecule has 0 atom stereocenters. The molecule has 0 radical (unpaired) electrons. The third kappa shape index (κ3) is 3.79. The highest BCUT2D eigenvalue weighted by Gasteiger charge is 2.18. The molecular weight excluding hydrogens is 252 g/mol. The molecule has 92 valence electrons. The average molecular weight is 260 g/mol. The molecular formula is C8H8N2O6S. The van der Waals surface area contributed by atoms with E-state index in [1.54, 1.807) is 0 Å². The number of benzene rings is 1. The van der Waals surface area contributed by atoms with Crippen LogP contribution in [-0.2, 0) is 15.6 Å². The highest BCUT2D eigenvalue weighted by molar-refractivity contribution is 7.89. The molecule has 0 bridgehead atoms. The molecule has 0 aliphatic heterocycles. The first-order valence-corrected chi connectivity index (χ1v) is 6.35. The third-order valence-corrected chi connectivity index (χ3v) is 2.67. The standard InChI is InChI=1S/C8H8N2O6S/c1-17(15,16)5-6-2-7(9(11)12)4-8(3-6)10(13)14/h2-4H,5H2,1H3. The molecule has 0 amide bonds. The molecule has 0 spiro atoms. The number of sulfone groups is 1. The summed E-state index contributed by atoms with van der Waals surface area (Å²) in [7, 11) is -3.41. The van der Waals surface area contributed by atoms with Crippen LogP contribution in [0.5, 0.6) is 0 Å². The van der Waals surface area contributed by atoms with Crippen LogP contribution in [0, 0.1) is 20.2 Å². The summed E-state index contributed by atoms with van der Waals surface area (Å²) in [5.41, 5.74) is -0.982. The lowest BCUT2D eigenvalue weighted by Gasteiger charge is -2.00. The first-order chi connectivity index (χ1) is 7.69. The Hall–Kier alpha value is -2.03. The minimum absolute atomic E-state index is 0.0217. The minimum Gasteiger partial charge on any atom is -0.258 e. The zero-order valence-electron chi connectivity index (χ0n) is 8.69. The molecule has 0 fully saturated rings. The van der Waals surface area contributed by atoms with Crippen LogP contribution < -0.4 is 0 Å². The molecule has 0 heterocycles. The average Bonchev–Trinajstić information content (AvgIpc) is 2.14. The fourth-order valence-corrected chi connectivity index (χ4v) is 2.03. The Balaban J connectivity index is 3.31. The molecule has 0 N–H and O–H groups in total. The van der Waals surface area contributed by atoms with Crippen molar-refractivity contribution >= 4 is 21.2 Å². The van der Waals surface area contributed by atoms with Crippen molar-refractivity contribution in [3.05, 3.63) is 44.0 Å². The second kappa shape index (κ2) is 4.45. The smallest absolute Gasteiger partial charge is 0.258 e. The molecule has 0 aliphatic carbocycles. The summed E-state index contributed by atoms with van der Waals surface area (Å²) in [6.45, 7) is 0. The number of hydrogen-bond acceptors (Lipinski definition) is 6. The summed E-state index contributed by atoms with van der Waals surface area (Å²) in [4.78, 5) is 19.4. The van der Waals surface area contributed by atoms with Crippen LogP contribution in [0.3, 0.4) is 0 Å². The van der Waals surface area contributed by atoms with Crippen LogP contribution in [0.15, 0.2) is 18.2 Å². The van der Waals surface area contributed by atoms with E-state index in [0.717, 1.165) is 24.5 Å². The summed E-state index contributed by atoms with van der Waals surface area (Å²) < 4.78 is 22.0. The molecule has 9 heteroatoms. The first kappa shape index (κ1) is 13.0. The van der Waals surface area contributed by atoms with Gasteiger partial charge in [0.15, 0.2) is 9.84 Å². The van der Waals surface area contributed by atoms with Gasteiger partial charge in [-0.1, -0.05) is 0 Å². The summed E-state index contributed by atoms with van der Waals surface area (Å²) in [6.07, 6.45) is 0.942. The summed E-state index contributed by atoms with van der Waals surface area (Å²) in [5, 5.41) is 21.1. The van der Waals surface area contributed by atoms with Gasteiger partial charge in [0, 0.05) is 18.4 Å². The molecule has 1 aromatic rings. The number of non-ortho nitro benzene ring substituents is 2. The van der Waals surface area contributed by atoms with Gasteiger partial charge in [0.2, 0.25) is 0 Å². The van der Waals surface area contributed by atoms with E-state index in [1.807, 2.05) is 0 Å². The molecule has 0 unspecified atom stereocenters. The van der Waals surface area contributed by atoms with E-state index >= 15 is 0 Å². The van der Waals surface area contributed by atoms with Crippen molar-refractivity contribution in [1.82, 2.24) is 0 Å². The van der Waals surface area contributed by atoms with Crippen LogP contribution in [0.1, 0.15) is 5.56 Å². The minimum atomic E-state index is -3.41. The number of hydrogen-bond donors (Lipinski definition) is 0. The highest BCUT2D eigenvalue weighted by Crippen LogP contribution is 2.23. The van der Waals surface area contributed by atoms with Gasteiger partial charge in [-0.3, -0.25) is 20.2 Å². The zero-order chi connectivity index (χ0) is 13.2. The predicted octanol–water partition coefficient (Wildman–Crippen LogP) is 1.05. The number of nitro groups is 2. The van der Waals surface area contributed by atoms with Crippen molar-refractivity contribution in [2.45, 2.75) is 5.75 Å². The molecule has 1 aromatic carbocycles. The summed E-state index contributed by atoms with van der Waals surface area (Å²) in [5.74, 6) is -0.477. The topological polar surface area (TPSA) is 120 Å². The molecule has 17 heavy (non-hydrogen) atoms. The first-order valence-electron chi connectivity index (χ1n) is 4.29. The van der Waals surface area contributed by atoms with Gasteiger partial charge < -0.3 is 0 Å². The maximum atomic E-state index is 11.0. The lowest BCUT2D eigenvalue weighted by atomic mass is 10.2. The van der Waals surface area contributed by atoms with E-state index in [-0.39, 0.29) is 5.56 Å². The van der Waals surface area contributed by atoms with E-state index in [0.29, 0.717) is 0 Å². The maximum Gasteiger partial charge on any atom is 0.276 e. The van der Waals surface area contributed by atoms with Gasteiger partial charge in [-0.05, 0) is 5.56 Å². The number of rotatable bonds is 4. The number of nitro benzene ring substituents is 2. The third-order valence-electron chi connectivity index (χ3n) is 1.81. The van der Waals surface area contributed by atoms with Crippen molar-refractivity contribution in [3.8, 4) is 0 Å². The molecule has 8 nitrogen and oxygen atoms in total. The molecule has 0 saturated heterocycles. The molecule has 1 rings (SSSR count). The van der Waals surface area contributed by atoms with E-state index < -0.39 is 36.8 Å². The lowest BCUT2D eigenvalue weighted by molar-refractivity contribution is -0.394. The van der Waals surface area contributed by atoms with Crippen LogP contribution in [0.25, 0.3) is 0 Å². The van der Waals surface area contributed by atoms with Gasteiger partial charge in [-0.25, -0.2) is 8.42 Å². The van der Waals surface area contributed by atoms with Crippen LogP contribution in [0.2, 0.25) is 0 Å². The fourth-order valence-electron chi connectivity index (χ4n) is 1.25. The monoisotopic (exact) mass is 260 g/mol. The van der Waals surface area contributed by atoms with Gasteiger partial charge >= 0.3 is 0 Å². The quantitative estimate of drug-likeness (QED) is 0.589. The molecule has 0 aromatic heterocycles. The van der Waals surface area contributed by atoms with Gasteiger partial charge in [0.25, 0.3) is 11.4 Å².